The highest BCUT2D eigenvalue weighted by Crippen LogP contribution is 2.33. The summed E-state index contributed by atoms with van der Waals surface area (Å²) in [5.74, 6) is -0.347. The third-order valence-electron chi connectivity index (χ3n) is 5.17. The number of methoxy groups -OCH3 is 1. The molecule has 1 fully saturated rings. The molecule has 2 aromatic heterocycles. The Hall–Kier alpha value is -1.82. The highest BCUT2D eigenvalue weighted by atomic mass is 32.1. The molecule has 0 aliphatic carbocycles. The van der Waals surface area contributed by atoms with Gasteiger partial charge in [0.25, 0.3) is 0 Å². The Balaban J connectivity index is 1.51. The zero-order valence-electron chi connectivity index (χ0n) is 15.0. The molecule has 26 heavy (non-hydrogen) atoms. The van der Waals surface area contributed by atoms with Gasteiger partial charge in [0.2, 0.25) is 5.95 Å². The van der Waals surface area contributed by atoms with Crippen molar-refractivity contribution < 1.29 is 9.13 Å². The summed E-state index contributed by atoms with van der Waals surface area (Å²) in [5.41, 5.74) is 2.07. The average Bonchev–Trinajstić information content (AvgIpc) is 2.97. The summed E-state index contributed by atoms with van der Waals surface area (Å²) in [5, 5.41) is 1.31. The van der Waals surface area contributed by atoms with Gasteiger partial charge < -0.3 is 4.74 Å². The Morgan fingerprint density at radius 1 is 1.15 bits per heavy atom. The minimum atomic E-state index is -0.347. The Kier molecular flexibility index (Phi) is 5.29. The first kappa shape index (κ1) is 17.6. The lowest BCUT2D eigenvalue weighted by atomic mass is 10.0. The van der Waals surface area contributed by atoms with E-state index in [1.807, 2.05) is 17.4 Å². The summed E-state index contributed by atoms with van der Waals surface area (Å²) in [6, 6.07) is 12.2. The Bertz CT molecular complexity index is 889. The Morgan fingerprint density at radius 2 is 2.00 bits per heavy atom. The van der Waals surface area contributed by atoms with Crippen LogP contribution in [0.5, 0.6) is 0 Å². The number of hydrogen-bond donors (Lipinski definition) is 0. The van der Waals surface area contributed by atoms with Gasteiger partial charge in [-0.1, -0.05) is 24.3 Å². The number of halogens is 1. The summed E-state index contributed by atoms with van der Waals surface area (Å²) >= 11 is 1.88. The highest BCUT2D eigenvalue weighted by Gasteiger charge is 2.26. The average molecular weight is 370 g/mol. The van der Waals surface area contributed by atoms with Crippen molar-refractivity contribution in [3.05, 3.63) is 64.5 Å². The molecule has 0 N–H and O–H groups in total. The van der Waals surface area contributed by atoms with E-state index in [2.05, 4.69) is 34.1 Å². The standard InChI is InChI=1S/C21H23FN2OS/c1-25-16-13-24(14-16)12-10-20-18(17-6-2-3-7-19(17)26-20)9-8-15-5-4-11-23-21(15)22/h2-7,11,16H,8-10,12-14H2,1H3. The van der Waals surface area contributed by atoms with Gasteiger partial charge in [-0.25, -0.2) is 4.98 Å². The molecule has 0 saturated carbocycles. The minimum Gasteiger partial charge on any atom is -0.379 e. The van der Waals surface area contributed by atoms with E-state index >= 15 is 0 Å². The van der Waals surface area contributed by atoms with E-state index in [0.29, 0.717) is 18.1 Å². The van der Waals surface area contributed by atoms with Crippen molar-refractivity contribution >= 4 is 21.4 Å². The number of likely N-dealkylation sites (tertiary alicyclic amines) is 1. The van der Waals surface area contributed by atoms with Crippen molar-refractivity contribution in [3.63, 3.8) is 0 Å². The van der Waals surface area contributed by atoms with Crippen molar-refractivity contribution in [2.24, 2.45) is 0 Å². The summed E-state index contributed by atoms with van der Waals surface area (Å²) < 4.78 is 20.6. The molecular formula is C21H23FN2OS. The molecule has 4 rings (SSSR count). The van der Waals surface area contributed by atoms with Crippen LogP contribution in [0.25, 0.3) is 10.1 Å². The number of benzene rings is 1. The zero-order valence-corrected chi connectivity index (χ0v) is 15.8. The maximum atomic E-state index is 13.9. The van der Waals surface area contributed by atoms with Gasteiger partial charge in [-0.05, 0) is 42.3 Å². The van der Waals surface area contributed by atoms with Gasteiger partial charge in [-0.15, -0.1) is 11.3 Å². The number of aromatic nitrogens is 1. The van der Waals surface area contributed by atoms with Crippen LogP contribution in [-0.2, 0) is 24.0 Å². The fourth-order valence-corrected chi connectivity index (χ4v) is 4.85. The summed E-state index contributed by atoms with van der Waals surface area (Å²) in [6.45, 7) is 3.11. The van der Waals surface area contributed by atoms with Crippen LogP contribution in [0.4, 0.5) is 4.39 Å². The molecule has 5 heteroatoms. The summed E-state index contributed by atoms with van der Waals surface area (Å²) in [4.78, 5) is 7.64. The molecule has 1 aliphatic heterocycles. The van der Waals surface area contributed by atoms with Crippen LogP contribution in [0.2, 0.25) is 0 Å². The van der Waals surface area contributed by atoms with Gasteiger partial charge >= 0.3 is 0 Å². The van der Waals surface area contributed by atoms with Gasteiger partial charge in [-0.3, -0.25) is 4.90 Å². The Labute approximate surface area is 157 Å². The van der Waals surface area contributed by atoms with Crippen molar-refractivity contribution in [2.75, 3.05) is 26.7 Å². The lowest BCUT2D eigenvalue weighted by Gasteiger charge is -2.38. The molecule has 1 aromatic carbocycles. The summed E-state index contributed by atoms with van der Waals surface area (Å²) in [6.07, 6.45) is 4.47. The second-order valence-corrected chi connectivity index (χ2v) is 7.96. The SMILES string of the molecule is COC1CN(CCc2sc3ccccc3c2CCc2cccnc2F)C1. The van der Waals surface area contributed by atoms with Crippen LogP contribution in [-0.4, -0.2) is 42.7 Å². The van der Waals surface area contributed by atoms with Crippen LogP contribution in [0, 0.1) is 5.95 Å². The van der Waals surface area contributed by atoms with Crippen molar-refractivity contribution in [2.45, 2.75) is 25.4 Å². The fraction of sp³-hybridized carbons (Fsp3) is 0.381. The normalized spacial score (nSPS) is 15.5. The van der Waals surface area contributed by atoms with E-state index in [4.69, 9.17) is 4.74 Å². The Morgan fingerprint density at radius 3 is 2.81 bits per heavy atom. The van der Waals surface area contributed by atoms with Crippen LogP contribution >= 0.6 is 11.3 Å². The lowest BCUT2D eigenvalue weighted by molar-refractivity contribution is -0.0284. The van der Waals surface area contributed by atoms with E-state index in [1.165, 1.54) is 26.7 Å². The van der Waals surface area contributed by atoms with Gasteiger partial charge in [-0.2, -0.15) is 4.39 Å². The van der Waals surface area contributed by atoms with Crippen LogP contribution in [0.3, 0.4) is 0 Å². The molecule has 1 saturated heterocycles. The number of pyridine rings is 1. The second-order valence-electron chi connectivity index (χ2n) is 6.82. The van der Waals surface area contributed by atoms with E-state index < -0.39 is 0 Å². The predicted octanol–water partition coefficient (Wildman–Crippen LogP) is 4.09. The van der Waals surface area contributed by atoms with Gasteiger partial charge in [0.05, 0.1) is 6.10 Å². The van der Waals surface area contributed by atoms with Gasteiger partial charge in [0.1, 0.15) is 0 Å². The first-order valence-corrected chi connectivity index (χ1v) is 9.90. The van der Waals surface area contributed by atoms with E-state index in [1.54, 1.807) is 13.2 Å². The number of nitrogens with zero attached hydrogens (tertiary/aromatic N) is 2. The van der Waals surface area contributed by atoms with Crippen molar-refractivity contribution in [1.29, 1.82) is 0 Å². The quantitative estimate of drug-likeness (QED) is 0.586. The molecule has 136 valence electrons. The third kappa shape index (κ3) is 3.65. The van der Waals surface area contributed by atoms with E-state index in [9.17, 15) is 4.39 Å². The van der Waals surface area contributed by atoms with Gasteiger partial charge in [0, 0.05) is 48.1 Å². The topological polar surface area (TPSA) is 25.4 Å². The molecule has 0 unspecified atom stereocenters. The zero-order chi connectivity index (χ0) is 17.9. The maximum Gasteiger partial charge on any atom is 0.216 e. The first-order chi connectivity index (χ1) is 12.7. The maximum absolute atomic E-state index is 13.9. The minimum absolute atomic E-state index is 0.347. The van der Waals surface area contributed by atoms with Crippen molar-refractivity contribution in [3.8, 4) is 0 Å². The monoisotopic (exact) mass is 370 g/mol. The molecule has 0 atom stereocenters. The molecule has 3 heterocycles. The third-order valence-corrected chi connectivity index (χ3v) is 6.45. The molecule has 0 spiro atoms. The molecule has 3 aromatic rings. The van der Waals surface area contributed by atoms with E-state index in [0.717, 1.165) is 32.5 Å². The van der Waals surface area contributed by atoms with E-state index in [-0.39, 0.29) is 5.95 Å². The second kappa shape index (κ2) is 7.82. The van der Waals surface area contributed by atoms with Crippen LogP contribution in [0.15, 0.2) is 42.6 Å². The van der Waals surface area contributed by atoms with Crippen LogP contribution < -0.4 is 0 Å². The highest BCUT2D eigenvalue weighted by molar-refractivity contribution is 7.19. The fourth-order valence-electron chi connectivity index (χ4n) is 3.60. The number of fused-ring (bicyclic) bond motifs is 1. The largest absolute Gasteiger partial charge is 0.379 e. The number of aryl methyl sites for hydroxylation is 2. The molecule has 0 radical (unpaired) electrons. The van der Waals surface area contributed by atoms with Gasteiger partial charge in [0.15, 0.2) is 0 Å². The number of thiophene rings is 1. The molecule has 1 aliphatic rings. The van der Waals surface area contributed by atoms with Crippen LogP contribution in [0.1, 0.15) is 16.0 Å². The molecular weight excluding hydrogens is 347 g/mol. The molecule has 0 bridgehead atoms. The predicted molar refractivity (Wildman–Crippen MR) is 104 cm³/mol. The first-order valence-electron chi connectivity index (χ1n) is 9.08. The summed E-state index contributed by atoms with van der Waals surface area (Å²) in [7, 11) is 1.78. The smallest absolute Gasteiger partial charge is 0.216 e. The number of rotatable bonds is 7. The molecule has 0 amide bonds. The van der Waals surface area contributed by atoms with Crippen molar-refractivity contribution in [1.82, 2.24) is 9.88 Å². The number of ether oxygens (including phenoxy) is 1. The number of hydrogen-bond acceptors (Lipinski definition) is 4. The lowest BCUT2D eigenvalue weighted by Crippen LogP contribution is -2.52. The molecule has 3 nitrogen and oxygen atoms in total.